The number of carbonyl (C=O) groups excluding carboxylic acids is 1. The van der Waals surface area contributed by atoms with Gasteiger partial charge in [0.25, 0.3) is 5.91 Å². The Labute approximate surface area is 137 Å². The predicted molar refractivity (Wildman–Crippen MR) is 83.0 cm³/mol. The fourth-order valence-electron chi connectivity index (χ4n) is 1.90. The molecule has 5 nitrogen and oxygen atoms in total. The van der Waals surface area contributed by atoms with Gasteiger partial charge in [-0.25, -0.2) is 0 Å². The summed E-state index contributed by atoms with van der Waals surface area (Å²) in [6.45, 7) is -1.49. The Morgan fingerprint density at radius 3 is 2.62 bits per heavy atom. The molecule has 7 heteroatoms. The van der Waals surface area contributed by atoms with Gasteiger partial charge in [-0.1, -0.05) is 18.2 Å². The zero-order chi connectivity index (χ0) is 17.5. The molecule has 0 heterocycles. The summed E-state index contributed by atoms with van der Waals surface area (Å²) in [7, 11) is 0. The van der Waals surface area contributed by atoms with E-state index in [4.69, 9.17) is 10.00 Å². The molecule has 1 unspecified atom stereocenters. The number of nitriles is 1. The van der Waals surface area contributed by atoms with Crippen molar-refractivity contribution >= 4 is 11.6 Å². The number of hydrogen-bond donors (Lipinski definition) is 1. The lowest BCUT2D eigenvalue weighted by molar-refractivity contribution is -0.122. The van der Waals surface area contributed by atoms with Crippen molar-refractivity contribution in [3.05, 3.63) is 54.1 Å². The van der Waals surface area contributed by atoms with Crippen molar-refractivity contribution in [3.63, 3.8) is 0 Å². The molecule has 1 atom stereocenters. The SMILES string of the molecule is CC(Oc1cccc(C#N)c1)C(=O)Nc1ccccc1OC(F)F. The Bertz CT molecular complexity index is 759. The second-order valence-corrected chi connectivity index (χ2v) is 4.76. The van der Waals surface area contributed by atoms with Crippen LogP contribution in [0.25, 0.3) is 0 Å². The van der Waals surface area contributed by atoms with E-state index in [1.54, 1.807) is 24.3 Å². The number of halogens is 2. The number of carbonyl (C=O) groups is 1. The smallest absolute Gasteiger partial charge is 0.387 e. The highest BCUT2D eigenvalue weighted by atomic mass is 19.3. The van der Waals surface area contributed by atoms with Gasteiger partial charge in [-0.2, -0.15) is 14.0 Å². The third-order valence-corrected chi connectivity index (χ3v) is 3.01. The van der Waals surface area contributed by atoms with Gasteiger partial charge in [0.1, 0.15) is 11.5 Å². The molecule has 0 bridgehead atoms. The minimum absolute atomic E-state index is 0.115. The molecule has 0 saturated carbocycles. The lowest BCUT2D eigenvalue weighted by Gasteiger charge is -2.16. The first-order valence-corrected chi connectivity index (χ1v) is 7.01. The van der Waals surface area contributed by atoms with E-state index in [0.717, 1.165) is 0 Å². The molecule has 2 rings (SSSR count). The number of amides is 1. The molecular formula is C17H14F2N2O3. The van der Waals surface area contributed by atoms with Crippen molar-refractivity contribution in [3.8, 4) is 17.6 Å². The van der Waals surface area contributed by atoms with Crippen LogP contribution in [0.15, 0.2) is 48.5 Å². The number of anilines is 1. The molecule has 2 aromatic carbocycles. The monoisotopic (exact) mass is 332 g/mol. The van der Waals surface area contributed by atoms with E-state index in [2.05, 4.69) is 10.1 Å². The van der Waals surface area contributed by atoms with Gasteiger partial charge in [0, 0.05) is 0 Å². The number of benzene rings is 2. The minimum atomic E-state index is -2.99. The predicted octanol–water partition coefficient (Wildman–Crippen LogP) is 3.57. The highest BCUT2D eigenvalue weighted by Crippen LogP contribution is 2.26. The average Bonchev–Trinajstić information content (AvgIpc) is 2.56. The molecule has 0 aliphatic carbocycles. The van der Waals surface area contributed by atoms with E-state index in [-0.39, 0.29) is 11.4 Å². The topological polar surface area (TPSA) is 71.3 Å². The van der Waals surface area contributed by atoms with Crippen LogP contribution < -0.4 is 14.8 Å². The third-order valence-electron chi connectivity index (χ3n) is 3.01. The van der Waals surface area contributed by atoms with Gasteiger partial charge in [-0.3, -0.25) is 4.79 Å². The number of nitrogens with zero attached hydrogens (tertiary/aromatic N) is 1. The Morgan fingerprint density at radius 2 is 1.92 bits per heavy atom. The van der Waals surface area contributed by atoms with Crippen molar-refractivity contribution in [2.75, 3.05) is 5.32 Å². The van der Waals surface area contributed by atoms with E-state index in [9.17, 15) is 13.6 Å². The van der Waals surface area contributed by atoms with E-state index in [1.165, 1.54) is 31.2 Å². The maximum absolute atomic E-state index is 12.4. The van der Waals surface area contributed by atoms with Crippen molar-refractivity contribution in [2.45, 2.75) is 19.6 Å². The van der Waals surface area contributed by atoms with Crippen LogP contribution in [0.3, 0.4) is 0 Å². The van der Waals surface area contributed by atoms with Crippen LogP contribution in [0.1, 0.15) is 12.5 Å². The van der Waals surface area contributed by atoms with Gasteiger partial charge in [0.15, 0.2) is 6.10 Å². The molecular weight excluding hydrogens is 318 g/mol. The van der Waals surface area contributed by atoms with Crippen molar-refractivity contribution in [2.24, 2.45) is 0 Å². The Balaban J connectivity index is 2.05. The van der Waals surface area contributed by atoms with Gasteiger partial charge in [-0.15, -0.1) is 0 Å². The first-order valence-electron chi connectivity index (χ1n) is 7.01. The van der Waals surface area contributed by atoms with Crippen LogP contribution in [0.5, 0.6) is 11.5 Å². The molecule has 24 heavy (non-hydrogen) atoms. The standard InChI is InChI=1S/C17H14F2N2O3/c1-11(23-13-6-4-5-12(9-13)10-20)16(22)21-14-7-2-3-8-15(14)24-17(18)19/h2-9,11,17H,1H3,(H,21,22). The van der Waals surface area contributed by atoms with Crippen molar-refractivity contribution < 1.29 is 23.0 Å². The largest absolute Gasteiger partial charge is 0.481 e. The van der Waals surface area contributed by atoms with Crippen LogP contribution >= 0.6 is 0 Å². The summed E-state index contributed by atoms with van der Waals surface area (Å²) in [5.74, 6) is -0.323. The minimum Gasteiger partial charge on any atom is -0.481 e. The number of hydrogen-bond acceptors (Lipinski definition) is 4. The number of ether oxygens (including phenoxy) is 2. The fourth-order valence-corrected chi connectivity index (χ4v) is 1.90. The van der Waals surface area contributed by atoms with E-state index in [0.29, 0.717) is 11.3 Å². The normalized spacial score (nSPS) is 11.5. The second-order valence-electron chi connectivity index (χ2n) is 4.76. The Morgan fingerprint density at radius 1 is 1.17 bits per heavy atom. The molecule has 0 spiro atoms. The maximum atomic E-state index is 12.4. The molecule has 2 aromatic rings. The second kappa shape index (κ2) is 7.92. The van der Waals surface area contributed by atoms with Gasteiger partial charge in [0.2, 0.25) is 0 Å². The first-order chi connectivity index (χ1) is 11.5. The van der Waals surface area contributed by atoms with E-state index in [1.807, 2.05) is 6.07 Å². The Hall–Kier alpha value is -3.14. The van der Waals surface area contributed by atoms with Gasteiger partial charge < -0.3 is 14.8 Å². The molecule has 0 aliphatic heterocycles. The molecule has 0 fully saturated rings. The molecule has 124 valence electrons. The average molecular weight is 332 g/mol. The first kappa shape index (κ1) is 17.2. The fraction of sp³-hybridized carbons (Fsp3) is 0.176. The summed E-state index contributed by atoms with van der Waals surface area (Å²) in [5, 5.41) is 11.3. The summed E-state index contributed by atoms with van der Waals surface area (Å²) in [4.78, 5) is 12.2. The zero-order valence-corrected chi connectivity index (χ0v) is 12.7. The van der Waals surface area contributed by atoms with Crippen LogP contribution in [0.2, 0.25) is 0 Å². The number of alkyl halides is 2. The number of nitrogens with one attached hydrogen (secondary N) is 1. The third kappa shape index (κ3) is 4.68. The van der Waals surface area contributed by atoms with Crippen LogP contribution in [-0.4, -0.2) is 18.6 Å². The van der Waals surface area contributed by atoms with Crippen LogP contribution in [0.4, 0.5) is 14.5 Å². The highest BCUT2D eigenvalue weighted by Gasteiger charge is 2.18. The summed E-state index contributed by atoms with van der Waals surface area (Å²) >= 11 is 0. The van der Waals surface area contributed by atoms with E-state index < -0.39 is 18.6 Å². The summed E-state index contributed by atoms with van der Waals surface area (Å²) < 4.78 is 34.5. The van der Waals surface area contributed by atoms with Gasteiger partial charge in [-0.05, 0) is 37.3 Å². The molecule has 0 saturated heterocycles. The Kier molecular flexibility index (Phi) is 5.68. The molecule has 1 amide bonds. The summed E-state index contributed by atoms with van der Waals surface area (Å²) in [6.07, 6.45) is -0.904. The lowest BCUT2D eigenvalue weighted by Crippen LogP contribution is -2.30. The highest BCUT2D eigenvalue weighted by molar-refractivity contribution is 5.95. The van der Waals surface area contributed by atoms with Crippen molar-refractivity contribution in [1.82, 2.24) is 0 Å². The molecule has 1 N–H and O–H groups in total. The number of rotatable bonds is 6. The molecule has 0 aromatic heterocycles. The van der Waals surface area contributed by atoms with Gasteiger partial charge in [0.05, 0.1) is 17.3 Å². The maximum Gasteiger partial charge on any atom is 0.387 e. The van der Waals surface area contributed by atoms with E-state index >= 15 is 0 Å². The van der Waals surface area contributed by atoms with Gasteiger partial charge >= 0.3 is 6.61 Å². The van der Waals surface area contributed by atoms with Crippen LogP contribution in [0, 0.1) is 11.3 Å². The van der Waals surface area contributed by atoms with Crippen LogP contribution in [-0.2, 0) is 4.79 Å². The molecule has 0 radical (unpaired) electrons. The quantitative estimate of drug-likeness (QED) is 0.878. The molecule has 0 aliphatic rings. The summed E-state index contributed by atoms with van der Waals surface area (Å²) in [5.41, 5.74) is 0.514. The zero-order valence-electron chi connectivity index (χ0n) is 12.7. The number of para-hydroxylation sites is 2. The van der Waals surface area contributed by atoms with Crippen molar-refractivity contribution in [1.29, 1.82) is 5.26 Å². The lowest BCUT2D eigenvalue weighted by atomic mass is 10.2. The summed E-state index contributed by atoms with van der Waals surface area (Å²) in [6, 6.07) is 14.2.